The number of nitrogens with zero attached hydrogens (tertiary/aromatic N) is 5. The first-order chi connectivity index (χ1) is 11.7. The number of pyridine rings is 1. The number of ether oxygens (including phenoxy) is 1. The van der Waals surface area contributed by atoms with Crippen molar-refractivity contribution in [1.82, 2.24) is 24.9 Å². The molecule has 124 valence electrons. The molecule has 0 saturated carbocycles. The third kappa shape index (κ3) is 1.94. The smallest absolute Gasteiger partial charge is 0.258 e. The fraction of sp³-hybridized carbons (Fsp3) is 0.529. The molecule has 0 spiro atoms. The van der Waals surface area contributed by atoms with Crippen LogP contribution in [0.4, 0.5) is 0 Å². The minimum atomic E-state index is 0.238. The molecule has 4 heterocycles. The van der Waals surface area contributed by atoms with Crippen molar-refractivity contribution >= 4 is 11.1 Å². The van der Waals surface area contributed by atoms with E-state index in [-0.39, 0.29) is 6.04 Å². The predicted octanol–water partition coefficient (Wildman–Crippen LogP) is 2.55. The molecule has 0 radical (unpaired) electrons. The highest BCUT2D eigenvalue weighted by Gasteiger charge is 2.30. The second-order valence-electron chi connectivity index (χ2n) is 6.66. The minimum Gasteiger partial charge on any atom is -0.379 e. The normalized spacial score (nSPS) is 20.2. The van der Waals surface area contributed by atoms with Gasteiger partial charge < -0.3 is 9.26 Å². The molecular formula is C17H19N5O2. The van der Waals surface area contributed by atoms with Crippen molar-refractivity contribution in [1.29, 1.82) is 0 Å². The lowest BCUT2D eigenvalue weighted by Gasteiger charge is -2.14. The van der Waals surface area contributed by atoms with Crippen LogP contribution >= 0.6 is 0 Å². The van der Waals surface area contributed by atoms with Gasteiger partial charge in [0.2, 0.25) is 0 Å². The molecule has 5 rings (SSSR count). The summed E-state index contributed by atoms with van der Waals surface area (Å²) in [4.78, 5) is 9.46. The second-order valence-corrected chi connectivity index (χ2v) is 6.66. The summed E-state index contributed by atoms with van der Waals surface area (Å²) in [6.07, 6.45) is 4.09. The van der Waals surface area contributed by atoms with E-state index in [0.717, 1.165) is 66.3 Å². The van der Waals surface area contributed by atoms with Crippen LogP contribution in [0.25, 0.3) is 22.5 Å². The van der Waals surface area contributed by atoms with Crippen molar-refractivity contribution in [3.8, 4) is 11.4 Å². The summed E-state index contributed by atoms with van der Waals surface area (Å²) < 4.78 is 13.1. The van der Waals surface area contributed by atoms with Crippen molar-refractivity contribution in [3.05, 3.63) is 22.8 Å². The van der Waals surface area contributed by atoms with E-state index in [4.69, 9.17) is 14.2 Å². The zero-order chi connectivity index (χ0) is 16.3. The van der Waals surface area contributed by atoms with Crippen molar-refractivity contribution in [3.63, 3.8) is 0 Å². The highest BCUT2D eigenvalue weighted by atomic mass is 16.5. The summed E-state index contributed by atoms with van der Waals surface area (Å²) in [6, 6.07) is 0.238. The average molecular weight is 325 g/mol. The number of fused-ring (bicyclic) bond motifs is 2. The molecule has 0 bridgehead atoms. The quantitative estimate of drug-likeness (QED) is 0.720. The molecule has 1 atom stereocenters. The SMILES string of the molecule is Cc1nc(-c2c3c(nc4onc(C)c24)CCC3)n(C2CCOC2)n1. The second kappa shape index (κ2) is 5.11. The van der Waals surface area contributed by atoms with E-state index >= 15 is 0 Å². The number of hydrogen-bond donors (Lipinski definition) is 0. The topological polar surface area (TPSA) is 78.9 Å². The summed E-state index contributed by atoms with van der Waals surface area (Å²) in [5, 5.41) is 9.78. The maximum Gasteiger partial charge on any atom is 0.258 e. The van der Waals surface area contributed by atoms with Gasteiger partial charge in [-0.05, 0) is 45.1 Å². The van der Waals surface area contributed by atoms with Crippen LogP contribution in [0.3, 0.4) is 0 Å². The van der Waals surface area contributed by atoms with E-state index in [9.17, 15) is 0 Å². The largest absolute Gasteiger partial charge is 0.379 e. The molecule has 24 heavy (non-hydrogen) atoms. The lowest BCUT2D eigenvalue weighted by molar-refractivity contribution is 0.184. The van der Waals surface area contributed by atoms with Crippen LogP contribution in [0.1, 0.15) is 41.7 Å². The van der Waals surface area contributed by atoms with E-state index in [1.807, 2.05) is 18.5 Å². The fourth-order valence-corrected chi connectivity index (χ4v) is 3.93. The van der Waals surface area contributed by atoms with Gasteiger partial charge in [0, 0.05) is 17.9 Å². The van der Waals surface area contributed by atoms with Gasteiger partial charge in [0.1, 0.15) is 5.82 Å². The van der Waals surface area contributed by atoms with Crippen LogP contribution in [0.2, 0.25) is 0 Å². The van der Waals surface area contributed by atoms with Gasteiger partial charge in [-0.2, -0.15) is 5.10 Å². The monoisotopic (exact) mass is 325 g/mol. The lowest BCUT2D eigenvalue weighted by Crippen LogP contribution is -2.13. The first kappa shape index (κ1) is 14.1. The first-order valence-corrected chi connectivity index (χ1v) is 8.51. The van der Waals surface area contributed by atoms with Gasteiger partial charge in [-0.25, -0.2) is 14.6 Å². The highest BCUT2D eigenvalue weighted by Crippen LogP contribution is 2.39. The maximum atomic E-state index is 5.57. The van der Waals surface area contributed by atoms with E-state index in [1.54, 1.807) is 0 Å². The van der Waals surface area contributed by atoms with E-state index < -0.39 is 0 Å². The predicted molar refractivity (Wildman–Crippen MR) is 86.8 cm³/mol. The molecule has 2 aliphatic rings. The van der Waals surface area contributed by atoms with Crippen molar-refractivity contribution in [2.75, 3.05) is 13.2 Å². The Morgan fingerprint density at radius 2 is 2.08 bits per heavy atom. The Bertz CT molecular complexity index is 936. The molecule has 0 N–H and O–H groups in total. The lowest BCUT2D eigenvalue weighted by atomic mass is 10.0. The standard InChI is InChI=1S/C17H19N5O2/c1-9-14-15(12-4-3-5-13(12)19-17(14)24-21-9)16-18-10(2)20-22(16)11-6-7-23-8-11/h11H,3-8H2,1-2H3. The summed E-state index contributed by atoms with van der Waals surface area (Å²) >= 11 is 0. The molecule has 0 aromatic carbocycles. The van der Waals surface area contributed by atoms with Crippen molar-refractivity contribution in [2.24, 2.45) is 0 Å². The van der Waals surface area contributed by atoms with Gasteiger partial charge in [-0.1, -0.05) is 5.16 Å². The maximum absolute atomic E-state index is 5.57. The van der Waals surface area contributed by atoms with Crippen LogP contribution in [-0.4, -0.2) is 38.1 Å². The Morgan fingerprint density at radius 3 is 2.92 bits per heavy atom. The van der Waals surface area contributed by atoms with Gasteiger partial charge >= 0.3 is 0 Å². The Morgan fingerprint density at radius 1 is 1.17 bits per heavy atom. The molecule has 3 aromatic rings. The highest BCUT2D eigenvalue weighted by molar-refractivity contribution is 5.94. The summed E-state index contributed by atoms with van der Waals surface area (Å²) in [7, 11) is 0. The number of aromatic nitrogens is 5. The fourth-order valence-electron chi connectivity index (χ4n) is 3.93. The van der Waals surface area contributed by atoms with Gasteiger partial charge in [-0.15, -0.1) is 0 Å². The zero-order valence-electron chi connectivity index (χ0n) is 13.9. The summed E-state index contributed by atoms with van der Waals surface area (Å²) in [6.45, 7) is 5.37. The van der Waals surface area contributed by atoms with Gasteiger partial charge in [0.05, 0.1) is 23.7 Å². The molecule has 0 amide bonds. The Kier molecular flexibility index (Phi) is 3.00. The van der Waals surface area contributed by atoms with E-state index in [0.29, 0.717) is 12.3 Å². The van der Waals surface area contributed by atoms with Crippen LogP contribution in [-0.2, 0) is 17.6 Å². The number of aryl methyl sites for hydroxylation is 3. The molecule has 7 nitrogen and oxygen atoms in total. The summed E-state index contributed by atoms with van der Waals surface area (Å²) in [5.74, 6) is 1.68. The van der Waals surface area contributed by atoms with E-state index in [2.05, 4.69) is 15.2 Å². The molecule has 7 heteroatoms. The number of hydrogen-bond acceptors (Lipinski definition) is 6. The van der Waals surface area contributed by atoms with Crippen LogP contribution in [0, 0.1) is 13.8 Å². The Hall–Kier alpha value is -2.28. The number of rotatable bonds is 2. The van der Waals surface area contributed by atoms with E-state index in [1.165, 1.54) is 5.56 Å². The van der Waals surface area contributed by atoms with Crippen molar-refractivity contribution in [2.45, 2.75) is 45.6 Å². The van der Waals surface area contributed by atoms with Crippen LogP contribution < -0.4 is 0 Å². The molecule has 1 saturated heterocycles. The van der Waals surface area contributed by atoms with Crippen LogP contribution in [0.15, 0.2) is 4.52 Å². The molecule has 1 fully saturated rings. The van der Waals surface area contributed by atoms with Gasteiger partial charge in [0.15, 0.2) is 5.82 Å². The minimum absolute atomic E-state index is 0.238. The molecule has 1 aliphatic heterocycles. The van der Waals surface area contributed by atoms with Crippen molar-refractivity contribution < 1.29 is 9.26 Å². The molecule has 1 aliphatic carbocycles. The zero-order valence-corrected chi connectivity index (χ0v) is 13.9. The first-order valence-electron chi connectivity index (χ1n) is 8.51. The van der Waals surface area contributed by atoms with Gasteiger partial charge in [0.25, 0.3) is 5.71 Å². The average Bonchev–Trinajstić information content (AvgIpc) is 3.32. The third-order valence-electron chi connectivity index (χ3n) is 5.03. The third-order valence-corrected chi connectivity index (χ3v) is 5.03. The molecule has 1 unspecified atom stereocenters. The Labute approximate surface area is 139 Å². The molecule has 3 aromatic heterocycles. The summed E-state index contributed by atoms with van der Waals surface area (Å²) in [5.41, 5.74) is 4.97. The van der Waals surface area contributed by atoms with Gasteiger partial charge in [-0.3, -0.25) is 0 Å². The molecular weight excluding hydrogens is 306 g/mol. The Balaban J connectivity index is 1.82. The van der Waals surface area contributed by atoms with Crippen LogP contribution in [0.5, 0.6) is 0 Å².